The molecule has 0 radical (unpaired) electrons. The normalized spacial score (nSPS) is 23.4. The van der Waals surface area contributed by atoms with Gasteiger partial charge in [-0.1, -0.05) is 31.4 Å². The van der Waals surface area contributed by atoms with Crippen LogP contribution in [-0.2, 0) is 0 Å². The molecule has 3 heteroatoms. The number of hydrogen-bond acceptors (Lipinski definition) is 2. The molecule has 2 rings (SSSR count). The second-order valence-corrected chi connectivity index (χ2v) is 5.72. The first-order chi connectivity index (χ1) is 8.61. The van der Waals surface area contributed by atoms with Gasteiger partial charge in [0.05, 0.1) is 22.3 Å². The predicted molar refractivity (Wildman–Crippen MR) is 76.0 cm³/mol. The highest BCUT2D eigenvalue weighted by atomic mass is 35.5. The van der Waals surface area contributed by atoms with Crippen LogP contribution in [0, 0.1) is 17.2 Å². The molecule has 1 saturated carbocycles. The Kier molecular flexibility index (Phi) is 4.14. The second kappa shape index (κ2) is 5.63. The lowest BCUT2D eigenvalue weighted by Gasteiger charge is -2.36. The van der Waals surface area contributed by atoms with Crippen molar-refractivity contribution in [1.29, 1.82) is 5.26 Å². The van der Waals surface area contributed by atoms with E-state index in [-0.39, 0.29) is 0 Å². The van der Waals surface area contributed by atoms with Crippen molar-refractivity contribution in [3.63, 3.8) is 0 Å². The van der Waals surface area contributed by atoms with Gasteiger partial charge in [-0.15, -0.1) is 0 Å². The van der Waals surface area contributed by atoms with Gasteiger partial charge in [0.25, 0.3) is 0 Å². The average Bonchev–Trinajstić information content (AvgIpc) is 2.37. The number of anilines is 1. The molecule has 0 aromatic heterocycles. The second-order valence-electron chi connectivity index (χ2n) is 5.31. The summed E-state index contributed by atoms with van der Waals surface area (Å²) in [5.41, 5.74) is 1.66. The Morgan fingerprint density at radius 1 is 1.39 bits per heavy atom. The smallest absolute Gasteiger partial charge is 0.0992 e. The molecule has 0 heterocycles. The summed E-state index contributed by atoms with van der Waals surface area (Å²) < 4.78 is 0. The standard InChI is InChI=1S/C15H19ClN2/c1-11-4-3-5-13(8-11)18(2)15-7-6-12(10-17)9-14(15)16/h6-7,9,11,13H,3-5,8H2,1-2H3. The quantitative estimate of drug-likeness (QED) is 0.798. The summed E-state index contributed by atoms with van der Waals surface area (Å²) in [4.78, 5) is 2.28. The fraction of sp³-hybridized carbons (Fsp3) is 0.533. The van der Waals surface area contributed by atoms with Gasteiger partial charge in [0.2, 0.25) is 0 Å². The van der Waals surface area contributed by atoms with Crippen molar-refractivity contribution in [2.24, 2.45) is 5.92 Å². The topological polar surface area (TPSA) is 27.0 Å². The van der Waals surface area contributed by atoms with E-state index in [4.69, 9.17) is 16.9 Å². The van der Waals surface area contributed by atoms with Gasteiger partial charge in [-0.3, -0.25) is 0 Å². The molecule has 0 spiro atoms. The van der Waals surface area contributed by atoms with Gasteiger partial charge >= 0.3 is 0 Å². The zero-order valence-corrected chi connectivity index (χ0v) is 11.7. The first-order valence-corrected chi connectivity index (χ1v) is 6.92. The number of nitrogens with zero attached hydrogens (tertiary/aromatic N) is 2. The van der Waals surface area contributed by atoms with E-state index in [1.807, 2.05) is 12.1 Å². The van der Waals surface area contributed by atoms with Crippen molar-refractivity contribution in [2.45, 2.75) is 38.6 Å². The molecule has 0 amide bonds. The average molecular weight is 263 g/mol. The van der Waals surface area contributed by atoms with Crippen LogP contribution in [-0.4, -0.2) is 13.1 Å². The Labute approximate surface area is 114 Å². The van der Waals surface area contributed by atoms with Crippen LogP contribution < -0.4 is 4.90 Å². The fourth-order valence-electron chi connectivity index (χ4n) is 2.81. The molecule has 0 aliphatic heterocycles. The number of benzene rings is 1. The fourth-order valence-corrected chi connectivity index (χ4v) is 3.13. The van der Waals surface area contributed by atoms with E-state index in [1.54, 1.807) is 6.07 Å². The summed E-state index contributed by atoms with van der Waals surface area (Å²) in [5.74, 6) is 0.795. The first-order valence-electron chi connectivity index (χ1n) is 6.54. The number of halogens is 1. The maximum atomic E-state index is 8.85. The molecule has 0 saturated heterocycles. The van der Waals surface area contributed by atoms with E-state index in [1.165, 1.54) is 25.7 Å². The Bertz CT molecular complexity index is 464. The third-order valence-corrected chi connectivity index (χ3v) is 4.22. The maximum Gasteiger partial charge on any atom is 0.0992 e. The highest BCUT2D eigenvalue weighted by Crippen LogP contribution is 2.33. The van der Waals surface area contributed by atoms with E-state index in [0.29, 0.717) is 16.6 Å². The minimum Gasteiger partial charge on any atom is -0.370 e. The molecule has 1 aromatic carbocycles. The van der Waals surface area contributed by atoms with Crippen LogP contribution in [0.3, 0.4) is 0 Å². The van der Waals surface area contributed by atoms with Gasteiger partial charge < -0.3 is 4.90 Å². The van der Waals surface area contributed by atoms with Crippen LogP contribution in [0.25, 0.3) is 0 Å². The Hall–Kier alpha value is -1.20. The molecule has 2 nitrogen and oxygen atoms in total. The summed E-state index contributed by atoms with van der Waals surface area (Å²) in [6.07, 6.45) is 5.10. The number of nitriles is 1. The van der Waals surface area contributed by atoms with E-state index in [0.717, 1.165) is 11.6 Å². The number of rotatable bonds is 2. The van der Waals surface area contributed by atoms with Crippen LogP contribution in [0.5, 0.6) is 0 Å². The van der Waals surface area contributed by atoms with Crippen LogP contribution in [0.15, 0.2) is 18.2 Å². The predicted octanol–water partition coefficient (Wildman–Crippen LogP) is 4.23. The summed E-state index contributed by atoms with van der Waals surface area (Å²) in [6.45, 7) is 2.32. The van der Waals surface area contributed by atoms with Gasteiger partial charge in [0.1, 0.15) is 0 Å². The van der Waals surface area contributed by atoms with Crippen molar-refractivity contribution < 1.29 is 0 Å². The molecule has 1 aliphatic rings. The van der Waals surface area contributed by atoms with Crippen LogP contribution >= 0.6 is 11.6 Å². The zero-order valence-electron chi connectivity index (χ0n) is 11.0. The van der Waals surface area contributed by atoms with Gasteiger partial charge in [-0.05, 0) is 37.0 Å². The Balaban J connectivity index is 2.18. The Morgan fingerprint density at radius 2 is 2.17 bits per heavy atom. The SMILES string of the molecule is CC1CCCC(N(C)c2ccc(C#N)cc2Cl)C1. The minimum atomic E-state index is 0.569. The summed E-state index contributed by atoms with van der Waals surface area (Å²) in [7, 11) is 2.11. The molecule has 96 valence electrons. The lowest BCUT2D eigenvalue weighted by atomic mass is 9.86. The van der Waals surface area contributed by atoms with Crippen LogP contribution in [0.2, 0.25) is 5.02 Å². The summed E-state index contributed by atoms with van der Waals surface area (Å²) >= 11 is 6.27. The van der Waals surface area contributed by atoms with E-state index in [2.05, 4.69) is 24.9 Å². The van der Waals surface area contributed by atoms with Gasteiger partial charge in [0, 0.05) is 13.1 Å². The lowest BCUT2D eigenvalue weighted by Crippen LogP contribution is -2.35. The molecule has 0 N–H and O–H groups in total. The lowest BCUT2D eigenvalue weighted by molar-refractivity contribution is 0.336. The monoisotopic (exact) mass is 262 g/mol. The third-order valence-electron chi connectivity index (χ3n) is 3.91. The largest absolute Gasteiger partial charge is 0.370 e. The van der Waals surface area contributed by atoms with Gasteiger partial charge in [-0.2, -0.15) is 5.26 Å². The molecular formula is C15H19ClN2. The molecule has 2 atom stereocenters. The molecule has 1 aromatic rings. The summed E-state index contributed by atoms with van der Waals surface area (Å²) in [6, 6.07) is 8.23. The van der Waals surface area contributed by atoms with Crippen molar-refractivity contribution in [2.75, 3.05) is 11.9 Å². The molecule has 1 fully saturated rings. The van der Waals surface area contributed by atoms with Gasteiger partial charge in [0.15, 0.2) is 0 Å². The van der Waals surface area contributed by atoms with E-state index >= 15 is 0 Å². The van der Waals surface area contributed by atoms with Crippen LogP contribution in [0.1, 0.15) is 38.2 Å². The highest BCUT2D eigenvalue weighted by molar-refractivity contribution is 6.33. The highest BCUT2D eigenvalue weighted by Gasteiger charge is 2.23. The third kappa shape index (κ3) is 2.79. The molecule has 2 unspecified atom stereocenters. The van der Waals surface area contributed by atoms with Crippen molar-refractivity contribution >= 4 is 17.3 Å². The molecule has 18 heavy (non-hydrogen) atoms. The molecule has 0 bridgehead atoms. The summed E-state index contributed by atoms with van der Waals surface area (Å²) in [5, 5.41) is 9.53. The Morgan fingerprint density at radius 3 is 2.78 bits per heavy atom. The first kappa shape index (κ1) is 13.2. The number of hydrogen-bond donors (Lipinski definition) is 0. The molecular weight excluding hydrogens is 244 g/mol. The van der Waals surface area contributed by atoms with E-state index in [9.17, 15) is 0 Å². The van der Waals surface area contributed by atoms with Crippen LogP contribution in [0.4, 0.5) is 5.69 Å². The minimum absolute atomic E-state index is 0.569. The zero-order chi connectivity index (χ0) is 13.1. The maximum absolute atomic E-state index is 8.85. The van der Waals surface area contributed by atoms with Gasteiger partial charge in [-0.25, -0.2) is 0 Å². The van der Waals surface area contributed by atoms with E-state index < -0.39 is 0 Å². The van der Waals surface area contributed by atoms with Crippen molar-refractivity contribution in [3.05, 3.63) is 28.8 Å². The molecule has 1 aliphatic carbocycles. The van der Waals surface area contributed by atoms with Crippen molar-refractivity contribution in [3.8, 4) is 6.07 Å². The van der Waals surface area contributed by atoms with Crippen molar-refractivity contribution in [1.82, 2.24) is 0 Å².